The number of carbonyl (C=O) groups is 1. The fourth-order valence-corrected chi connectivity index (χ4v) is 3.81. The second-order valence-corrected chi connectivity index (χ2v) is 7.30. The van der Waals surface area contributed by atoms with Crippen molar-refractivity contribution in [3.8, 4) is 5.75 Å². The number of nitrogens with one attached hydrogen (secondary N) is 2. The van der Waals surface area contributed by atoms with Crippen LogP contribution < -0.4 is 15.5 Å². The predicted octanol–water partition coefficient (Wildman–Crippen LogP) is 3.84. The van der Waals surface area contributed by atoms with Crippen molar-refractivity contribution in [3.63, 3.8) is 0 Å². The Kier molecular flexibility index (Phi) is 5.29. The quantitative estimate of drug-likeness (QED) is 0.821. The third-order valence-corrected chi connectivity index (χ3v) is 5.28. The Hall–Kier alpha value is -2.87. The van der Waals surface area contributed by atoms with Gasteiger partial charge in [-0.1, -0.05) is 11.8 Å². The number of halogens is 1. The van der Waals surface area contributed by atoms with Crippen LogP contribution in [0.2, 0.25) is 0 Å². The van der Waals surface area contributed by atoms with Gasteiger partial charge in [0, 0.05) is 23.4 Å². The highest BCUT2D eigenvalue weighted by Crippen LogP contribution is 2.28. The molecule has 0 spiro atoms. The molecule has 2 aromatic carbocycles. The number of benzene rings is 2. The van der Waals surface area contributed by atoms with E-state index >= 15 is 0 Å². The summed E-state index contributed by atoms with van der Waals surface area (Å²) in [5, 5.41) is 7.67. The number of rotatable bonds is 4. The van der Waals surface area contributed by atoms with Gasteiger partial charge in [0.1, 0.15) is 11.6 Å². The second kappa shape index (κ2) is 8.02. The number of hydrazone groups is 1. The van der Waals surface area contributed by atoms with E-state index in [0.29, 0.717) is 47.3 Å². The van der Waals surface area contributed by atoms with Crippen molar-refractivity contribution in [2.45, 2.75) is 19.8 Å². The van der Waals surface area contributed by atoms with Crippen LogP contribution >= 0.6 is 11.8 Å². The van der Waals surface area contributed by atoms with Gasteiger partial charge in [-0.2, -0.15) is 5.10 Å². The van der Waals surface area contributed by atoms with Crippen LogP contribution in [0.3, 0.4) is 0 Å². The summed E-state index contributed by atoms with van der Waals surface area (Å²) >= 11 is 1.46. The zero-order valence-electron chi connectivity index (χ0n) is 15.3. The molecule has 0 fully saturated rings. The van der Waals surface area contributed by atoms with E-state index in [1.165, 1.54) is 17.8 Å². The first-order valence-electron chi connectivity index (χ1n) is 9.02. The number of amides is 1. The number of aryl methyl sites for hydroxylation is 1. The van der Waals surface area contributed by atoms with E-state index in [1.807, 2.05) is 31.2 Å². The zero-order chi connectivity index (χ0) is 19.5. The number of amidine groups is 1. The van der Waals surface area contributed by atoms with E-state index in [1.54, 1.807) is 6.07 Å². The molecule has 2 aliphatic heterocycles. The van der Waals surface area contributed by atoms with Gasteiger partial charge in [-0.15, -0.1) is 0 Å². The first-order chi connectivity index (χ1) is 13.6. The lowest BCUT2D eigenvalue weighted by atomic mass is 9.98. The predicted molar refractivity (Wildman–Crippen MR) is 110 cm³/mol. The molecular weight excluding hydrogens is 379 g/mol. The van der Waals surface area contributed by atoms with Gasteiger partial charge in [-0.25, -0.2) is 9.38 Å². The molecule has 6 nitrogen and oxygen atoms in total. The molecule has 2 heterocycles. The van der Waals surface area contributed by atoms with Crippen LogP contribution in [0.5, 0.6) is 5.75 Å². The molecule has 0 atom stereocenters. The molecule has 0 bridgehead atoms. The number of thioether (sulfide) groups is 1. The highest BCUT2D eigenvalue weighted by Gasteiger charge is 2.21. The molecule has 1 amide bonds. The maximum atomic E-state index is 14.5. The molecule has 0 radical (unpaired) electrons. The summed E-state index contributed by atoms with van der Waals surface area (Å²) in [7, 11) is 0. The number of hydrogen-bond donors (Lipinski definition) is 2. The lowest BCUT2D eigenvalue weighted by molar-refractivity contribution is -0.116. The van der Waals surface area contributed by atoms with Crippen LogP contribution in [0.4, 0.5) is 15.8 Å². The standard InChI is InChI=1S/C20H19FN4O2S/c1-2-27-14-6-4-13(5-7-14)22-20-25-24-18(11-28-20)15-9-12-3-8-19(26)23-17(12)10-16(15)21/h4-7,9-10H,2-3,8,11H2,1H3,(H,22,25)(H,23,26). The van der Waals surface area contributed by atoms with Gasteiger partial charge in [0.2, 0.25) is 5.91 Å². The van der Waals surface area contributed by atoms with E-state index in [9.17, 15) is 9.18 Å². The third-order valence-electron chi connectivity index (χ3n) is 4.41. The van der Waals surface area contributed by atoms with Gasteiger partial charge in [-0.3, -0.25) is 10.2 Å². The van der Waals surface area contributed by atoms with Crippen LogP contribution in [0, 0.1) is 5.82 Å². The molecule has 2 aliphatic rings. The van der Waals surface area contributed by atoms with Gasteiger partial charge in [0.25, 0.3) is 0 Å². The first-order valence-corrected chi connectivity index (χ1v) is 10.0. The molecule has 0 aliphatic carbocycles. The van der Waals surface area contributed by atoms with Crippen molar-refractivity contribution < 1.29 is 13.9 Å². The van der Waals surface area contributed by atoms with Crippen LogP contribution in [0.1, 0.15) is 24.5 Å². The highest BCUT2D eigenvalue weighted by atomic mass is 32.2. The molecule has 0 unspecified atom stereocenters. The summed E-state index contributed by atoms with van der Waals surface area (Å²) in [4.78, 5) is 16.0. The van der Waals surface area contributed by atoms with Gasteiger partial charge in [-0.05, 0) is 55.3 Å². The molecule has 0 saturated carbocycles. The number of carbonyl (C=O) groups excluding carboxylic acids is 1. The molecule has 0 saturated heterocycles. The molecule has 2 N–H and O–H groups in total. The third kappa shape index (κ3) is 4.01. The Balaban J connectivity index is 1.50. The number of hydrogen-bond acceptors (Lipinski definition) is 5. The van der Waals surface area contributed by atoms with Crippen LogP contribution in [-0.4, -0.2) is 29.1 Å². The number of anilines is 1. The Bertz CT molecular complexity index is 973. The summed E-state index contributed by atoms with van der Waals surface area (Å²) in [6, 6.07) is 10.6. The Morgan fingerprint density at radius 3 is 2.79 bits per heavy atom. The van der Waals surface area contributed by atoms with Crippen molar-refractivity contribution in [3.05, 3.63) is 53.3 Å². The fourth-order valence-electron chi connectivity index (χ4n) is 3.04. The van der Waals surface area contributed by atoms with Crippen LogP contribution in [-0.2, 0) is 11.2 Å². The molecule has 0 aromatic heterocycles. The van der Waals surface area contributed by atoms with Gasteiger partial charge < -0.3 is 10.1 Å². The molecule has 2 aromatic rings. The number of fused-ring (bicyclic) bond motifs is 1. The molecule has 144 valence electrons. The monoisotopic (exact) mass is 398 g/mol. The van der Waals surface area contributed by atoms with E-state index in [0.717, 1.165) is 17.0 Å². The maximum Gasteiger partial charge on any atom is 0.224 e. The van der Waals surface area contributed by atoms with Crippen molar-refractivity contribution >= 4 is 39.9 Å². The summed E-state index contributed by atoms with van der Waals surface area (Å²) in [5.74, 6) is 0.830. The smallest absolute Gasteiger partial charge is 0.224 e. The van der Waals surface area contributed by atoms with Gasteiger partial charge in [0.15, 0.2) is 5.17 Å². The highest BCUT2D eigenvalue weighted by molar-refractivity contribution is 8.14. The molecule has 28 heavy (non-hydrogen) atoms. The Morgan fingerprint density at radius 1 is 1.25 bits per heavy atom. The molecular formula is C20H19FN4O2S. The molecule has 4 rings (SSSR count). The lowest BCUT2D eigenvalue weighted by Crippen LogP contribution is -2.26. The summed E-state index contributed by atoms with van der Waals surface area (Å²) < 4.78 is 19.9. The Labute approximate surface area is 166 Å². The maximum absolute atomic E-state index is 14.5. The zero-order valence-corrected chi connectivity index (χ0v) is 16.1. The molecule has 8 heteroatoms. The number of nitrogens with zero attached hydrogens (tertiary/aromatic N) is 2. The minimum Gasteiger partial charge on any atom is -0.494 e. The largest absolute Gasteiger partial charge is 0.494 e. The number of aliphatic imine (C=N–C) groups is 1. The van der Waals surface area contributed by atoms with E-state index in [-0.39, 0.29) is 5.91 Å². The van der Waals surface area contributed by atoms with Crippen molar-refractivity contribution in [1.82, 2.24) is 5.43 Å². The summed E-state index contributed by atoms with van der Waals surface area (Å²) in [5.41, 5.74) is 6.24. The Morgan fingerprint density at radius 2 is 2.07 bits per heavy atom. The number of ether oxygens (including phenoxy) is 1. The fraction of sp³-hybridized carbons (Fsp3) is 0.250. The van der Waals surface area contributed by atoms with Gasteiger partial charge >= 0.3 is 0 Å². The lowest BCUT2D eigenvalue weighted by Gasteiger charge is -2.20. The van der Waals surface area contributed by atoms with E-state index in [4.69, 9.17) is 4.74 Å². The van der Waals surface area contributed by atoms with Crippen LogP contribution in [0.25, 0.3) is 0 Å². The van der Waals surface area contributed by atoms with Crippen LogP contribution in [0.15, 0.2) is 46.5 Å². The summed E-state index contributed by atoms with van der Waals surface area (Å²) in [6.07, 6.45) is 1.02. The summed E-state index contributed by atoms with van der Waals surface area (Å²) in [6.45, 7) is 2.56. The topological polar surface area (TPSA) is 75.1 Å². The van der Waals surface area contributed by atoms with E-state index < -0.39 is 5.82 Å². The average Bonchev–Trinajstić information content (AvgIpc) is 2.70. The van der Waals surface area contributed by atoms with Crippen molar-refractivity contribution in [2.24, 2.45) is 10.1 Å². The minimum absolute atomic E-state index is 0.0815. The van der Waals surface area contributed by atoms with Crippen molar-refractivity contribution in [2.75, 3.05) is 17.7 Å². The van der Waals surface area contributed by atoms with Crippen molar-refractivity contribution in [1.29, 1.82) is 0 Å². The van der Waals surface area contributed by atoms with Gasteiger partial charge in [0.05, 0.1) is 18.0 Å². The minimum atomic E-state index is -0.394. The SMILES string of the molecule is CCOc1ccc(N=C2NN=C(c3cc4c(cc3F)NC(=O)CC4)CS2)cc1. The second-order valence-electron chi connectivity index (χ2n) is 6.34. The average molecular weight is 398 g/mol. The van der Waals surface area contributed by atoms with E-state index in [2.05, 4.69) is 20.8 Å². The first kappa shape index (κ1) is 18.5. The normalized spacial score (nSPS) is 17.4.